The molecule has 0 spiro atoms. The van der Waals surface area contributed by atoms with Crippen LogP contribution in [0.3, 0.4) is 0 Å². The zero-order valence-corrected chi connectivity index (χ0v) is 9.28. The Morgan fingerprint density at radius 2 is 1.93 bits per heavy atom. The van der Waals surface area contributed by atoms with Crippen LogP contribution >= 0.6 is 8.60 Å². The van der Waals surface area contributed by atoms with Crippen molar-refractivity contribution in [3.8, 4) is 5.75 Å². The van der Waals surface area contributed by atoms with Gasteiger partial charge in [-0.15, -0.1) is 0 Å². The molecule has 0 heterocycles. The van der Waals surface area contributed by atoms with Crippen LogP contribution in [0.25, 0.3) is 0 Å². The highest BCUT2D eigenvalue weighted by Gasteiger charge is 2.09. The monoisotopic (exact) mass is 214 g/mol. The van der Waals surface area contributed by atoms with E-state index in [0.29, 0.717) is 18.3 Å². The molecule has 0 radical (unpaired) electrons. The predicted molar refractivity (Wildman–Crippen MR) is 57.0 cm³/mol. The van der Waals surface area contributed by atoms with Gasteiger partial charge in [-0.3, -0.25) is 0 Å². The number of benzene rings is 1. The molecule has 0 aliphatic heterocycles. The molecule has 1 unspecified atom stereocenters. The first kappa shape index (κ1) is 11.4. The number of hydrogen-bond acceptors (Lipinski definition) is 3. The van der Waals surface area contributed by atoms with E-state index in [9.17, 15) is 4.89 Å². The fourth-order valence-corrected chi connectivity index (χ4v) is 1.59. The maximum Gasteiger partial charge on any atom is 0.394 e. The summed E-state index contributed by atoms with van der Waals surface area (Å²) in [4.78, 5) is 9.37. The number of para-hydroxylation sites is 1. The predicted octanol–water partition coefficient (Wildman–Crippen LogP) is 2.96. The van der Waals surface area contributed by atoms with Crippen LogP contribution < -0.4 is 4.52 Å². The summed E-state index contributed by atoms with van der Waals surface area (Å²) < 4.78 is 10.3. The standard InChI is InChI=1S/C10H15O3P/c1-9(2)8-12-14(11)13-10-6-4-3-5-7-10/h3-7,9,11H,8H2,1-2H3. The van der Waals surface area contributed by atoms with Crippen molar-refractivity contribution in [2.75, 3.05) is 6.61 Å². The second kappa shape index (κ2) is 5.97. The van der Waals surface area contributed by atoms with Gasteiger partial charge in [0.05, 0.1) is 6.61 Å². The molecule has 1 aromatic rings. The van der Waals surface area contributed by atoms with Crippen LogP contribution in [-0.2, 0) is 4.52 Å². The van der Waals surface area contributed by atoms with Crippen LogP contribution in [0.1, 0.15) is 13.8 Å². The van der Waals surface area contributed by atoms with Crippen LogP contribution in [-0.4, -0.2) is 11.5 Å². The summed E-state index contributed by atoms with van der Waals surface area (Å²) in [7, 11) is -1.79. The minimum absolute atomic E-state index is 0.395. The third-order valence-corrected chi connectivity index (χ3v) is 2.18. The third kappa shape index (κ3) is 4.56. The lowest BCUT2D eigenvalue weighted by Crippen LogP contribution is -2.00. The van der Waals surface area contributed by atoms with Gasteiger partial charge in [0.2, 0.25) is 0 Å². The van der Waals surface area contributed by atoms with Crippen LogP contribution in [0, 0.1) is 5.92 Å². The van der Waals surface area contributed by atoms with Gasteiger partial charge in [-0.05, 0) is 18.1 Å². The average molecular weight is 214 g/mol. The van der Waals surface area contributed by atoms with E-state index in [1.54, 1.807) is 12.1 Å². The van der Waals surface area contributed by atoms with Crippen molar-refractivity contribution in [3.63, 3.8) is 0 Å². The van der Waals surface area contributed by atoms with Gasteiger partial charge in [0.15, 0.2) is 0 Å². The molecule has 0 bridgehead atoms. The maximum atomic E-state index is 9.37. The summed E-state index contributed by atoms with van der Waals surface area (Å²) in [5.74, 6) is 1.02. The summed E-state index contributed by atoms with van der Waals surface area (Å²) in [6.45, 7) is 4.55. The molecule has 3 nitrogen and oxygen atoms in total. The quantitative estimate of drug-likeness (QED) is 0.766. The molecule has 0 aliphatic rings. The first-order valence-corrected chi connectivity index (χ1v) is 5.66. The van der Waals surface area contributed by atoms with E-state index in [0.717, 1.165) is 0 Å². The second-order valence-electron chi connectivity index (χ2n) is 3.33. The van der Waals surface area contributed by atoms with Gasteiger partial charge in [-0.1, -0.05) is 32.0 Å². The summed E-state index contributed by atoms with van der Waals surface area (Å²) in [5.41, 5.74) is 0. The molecule has 0 aliphatic carbocycles. The Kier molecular flexibility index (Phi) is 4.88. The van der Waals surface area contributed by atoms with Gasteiger partial charge in [-0.2, -0.15) is 0 Å². The van der Waals surface area contributed by atoms with Crippen molar-refractivity contribution in [2.45, 2.75) is 13.8 Å². The Balaban J connectivity index is 2.30. The fraction of sp³-hybridized carbons (Fsp3) is 0.400. The number of hydrogen-bond donors (Lipinski definition) is 1. The summed E-state index contributed by atoms with van der Waals surface area (Å²) in [6, 6.07) is 9.15. The van der Waals surface area contributed by atoms with Crippen molar-refractivity contribution < 1.29 is 13.9 Å². The molecular formula is C10H15O3P. The van der Waals surface area contributed by atoms with Gasteiger partial charge in [0, 0.05) is 0 Å². The van der Waals surface area contributed by atoms with Crippen molar-refractivity contribution in [1.82, 2.24) is 0 Å². The normalized spacial score (nSPS) is 12.9. The maximum absolute atomic E-state index is 9.37. The molecule has 1 rings (SSSR count). The Morgan fingerprint density at radius 1 is 1.29 bits per heavy atom. The van der Waals surface area contributed by atoms with Crippen molar-refractivity contribution in [3.05, 3.63) is 30.3 Å². The molecule has 78 valence electrons. The lowest BCUT2D eigenvalue weighted by molar-refractivity contribution is 0.230. The molecule has 0 fully saturated rings. The van der Waals surface area contributed by atoms with E-state index in [1.807, 2.05) is 32.0 Å². The zero-order chi connectivity index (χ0) is 10.4. The van der Waals surface area contributed by atoms with Gasteiger partial charge in [0.25, 0.3) is 0 Å². The van der Waals surface area contributed by atoms with E-state index in [-0.39, 0.29) is 0 Å². The Hall–Kier alpha value is -0.630. The molecule has 0 saturated carbocycles. The first-order chi connectivity index (χ1) is 6.68. The molecule has 0 aromatic heterocycles. The molecular weight excluding hydrogens is 199 g/mol. The molecule has 14 heavy (non-hydrogen) atoms. The smallest absolute Gasteiger partial charge is 0.394 e. The van der Waals surface area contributed by atoms with E-state index in [2.05, 4.69) is 0 Å². The Labute approximate surface area is 85.7 Å². The van der Waals surface area contributed by atoms with Gasteiger partial charge in [0.1, 0.15) is 5.75 Å². The summed E-state index contributed by atoms with van der Waals surface area (Å²) in [5, 5.41) is 0. The Morgan fingerprint density at radius 3 is 2.50 bits per heavy atom. The molecule has 0 amide bonds. The highest BCUT2D eigenvalue weighted by Crippen LogP contribution is 2.34. The van der Waals surface area contributed by atoms with E-state index < -0.39 is 8.60 Å². The molecule has 1 aromatic carbocycles. The highest BCUT2D eigenvalue weighted by molar-refractivity contribution is 7.41. The van der Waals surface area contributed by atoms with Crippen LogP contribution in [0.2, 0.25) is 0 Å². The van der Waals surface area contributed by atoms with Crippen molar-refractivity contribution >= 4 is 8.60 Å². The Bertz CT molecular complexity index is 251. The van der Waals surface area contributed by atoms with E-state index >= 15 is 0 Å². The molecule has 1 atom stereocenters. The largest absolute Gasteiger partial charge is 0.427 e. The van der Waals surface area contributed by atoms with Gasteiger partial charge >= 0.3 is 8.60 Å². The molecule has 1 N–H and O–H groups in total. The minimum Gasteiger partial charge on any atom is -0.427 e. The van der Waals surface area contributed by atoms with Crippen LogP contribution in [0.5, 0.6) is 5.75 Å². The SMILES string of the molecule is CC(C)COP(O)Oc1ccccc1. The third-order valence-electron chi connectivity index (χ3n) is 1.45. The second-order valence-corrected chi connectivity index (χ2v) is 4.25. The van der Waals surface area contributed by atoms with Crippen LogP contribution in [0.15, 0.2) is 30.3 Å². The van der Waals surface area contributed by atoms with E-state index in [1.165, 1.54) is 0 Å². The molecule has 4 heteroatoms. The van der Waals surface area contributed by atoms with Gasteiger partial charge < -0.3 is 13.9 Å². The van der Waals surface area contributed by atoms with E-state index in [4.69, 9.17) is 9.05 Å². The first-order valence-electron chi connectivity index (χ1n) is 4.53. The van der Waals surface area contributed by atoms with Crippen molar-refractivity contribution in [1.29, 1.82) is 0 Å². The summed E-state index contributed by atoms with van der Waals surface area (Å²) >= 11 is 0. The fourth-order valence-electron chi connectivity index (χ4n) is 0.811. The summed E-state index contributed by atoms with van der Waals surface area (Å²) in [6.07, 6.45) is 0. The minimum atomic E-state index is -1.79. The molecule has 0 saturated heterocycles. The topological polar surface area (TPSA) is 38.7 Å². The highest BCUT2D eigenvalue weighted by atomic mass is 31.2. The lowest BCUT2D eigenvalue weighted by atomic mass is 10.2. The van der Waals surface area contributed by atoms with Crippen molar-refractivity contribution in [2.24, 2.45) is 5.92 Å². The lowest BCUT2D eigenvalue weighted by Gasteiger charge is -2.12. The van der Waals surface area contributed by atoms with Gasteiger partial charge in [-0.25, -0.2) is 0 Å². The number of rotatable bonds is 5. The van der Waals surface area contributed by atoms with Crippen LogP contribution in [0.4, 0.5) is 0 Å². The average Bonchev–Trinajstić information content (AvgIpc) is 2.16. The zero-order valence-electron chi connectivity index (χ0n) is 8.38.